The van der Waals surface area contributed by atoms with Gasteiger partial charge in [0.2, 0.25) is 11.0 Å². The lowest BCUT2D eigenvalue weighted by Gasteiger charge is -2.19. The second-order valence-corrected chi connectivity index (χ2v) is 7.09. The van der Waals surface area contributed by atoms with Gasteiger partial charge in [0.15, 0.2) is 4.34 Å². The lowest BCUT2D eigenvalue weighted by molar-refractivity contribution is -0.119. The van der Waals surface area contributed by atoms with Gasteiger partial charge in [0.25, 0.3) is 0 Å². The Hall–Kier alpha value is -0.820. The first-order chi connectivity index (χ1) is 8.40. The van der Waals surface area contributed by atoms with Crippen molar-refractivity contribution in [3.8, 4) is 0 Å². The molecular formula is C11H20N4OS2. The van der Waals surface area contributed by atoms with Gasteiger partial charge in [-0.25, -0.2) is 0 Å². The Morgan fingerprint density at radius 1 is 1.39 bits per heavy atom. The van der Waals surface area contributed by atoms with E-state index in [9.17, 15) is 4.79 Å². The molecule has 102 valence electrons. The zero-order valence-corrected chi connectivity index (χ0v) is 12.9. The fourth-order valence-corrected chi connectivity index (χ4v) is 2.73. The Balaban J connectivity index is 2.35. The average molecular weight is 288 g/mol. The highest BCUT2D eigenvalue weighted by atomic mass is 32.2. The van der Waals surface area contributed by atoms with Crippen LogP contribution in [0.25, 0.3) is 0 Å². The molecule has 5 nitrogen and oxygen atoms in total. The van der Waals surface area contributed by atoms with Gasteiger partial charge in [0.05, 0.1) is 5.75 Å². The maximum Gasteiger partial charge on any atom is 0.230 e. The number of thioether (sulfide) groups is 1. The van der Waals surface area contributed by atoms with Crippen molar-refractivity contribution < 1.29 is 4.79 Å². The molecule has 0 spiro atoms. The Morgan fingerprint density at radius 2 is 2.11 bits per heavy atom. The minimum atomic E-state index is -0.188. The molecule has 7 heteroatoms. The van der Waals surface area contributed by atoms with E-state index < -0.39 is 0 Å². The molecule has 2 N–H and O–H groups in total. The first kappa shape index (κ1) is 15.2. The third-order valence-corrected chi connectivity index (χ3v) is 3.79. The molecule has 1 heterocycles. The van der Waals surface area contributed by atoms with Crippen LogP contribution in [0.15, 0.2) is 4.34 Å². The lowest BCUT2D eigenvalue weighted by atomic mass is 10.1. The van der Waals surface area contributed by atoms with E-state index in [-0.39, 0.29) is 11.4 Å². The number of nitrogens with one attached hydrogen (secondary N) is 2. The first-order valence-corrected chi connectivity index (χ1v) is 7.72. The molecule has 18 heavy (non-hydrogen) atoms. The monoisotopic (exact) mass is 288 g/mol. The Morgan fingerprint density at radius 3 is 2.72 bits per heavy atom. The molecule has 0 aliphatic rings. The molecule has 0 bridgehead atoms. The summed E-state index contributed by atoms with van der Waals surface area (Å²) in [5.74, 6) is 0.394. The van der Waals surface area contributed by atoms with Crippen LogP contribution in [0.4, 0.5) is 5.13 Å². The summed E-state index contributed by atoms with van der Waals surface area (Å²) >= 11 is 2.90. The molecule has 0 atom stereocenters. The molecule has 0 fully saturated rings. The van der Waals surface area contributed by atoms with Crippen LogP contribution < -0.4 is 10.6 Å². The molecule has 0 unspecified atom stereocenters. The predicted octanol–water partition coefficient (Wildman–Crippen LogP) is 2.37. The quantitative estimate of drug-likeness (QED) is 0.787. The van der Waals surface area contributed by atoms with E-state index >= 15 is 0 Å². The Kier molecular flexibility index (Phi) is 5.87. The SMILES string of the molecule is CCCNc1nnc(SCC(=O)NC(C)(C)C)s1. The summed E-state index contributed by atoms with van der Waals surface area (Å²) in [4.78, 5) is 11.6. The number of aromatic nitrogens is 2. The number of amides is 1. The second-order valence-electron chi connectivity index (χ2n) is 4.89. The Labute approximate surface area is 116 Å². The van der Waals surface area contributed by atoms with Gasteiger partial charge in [-0.2, -0.15) is 0 Å². The van der Waals surface area contributed by atoms with Crippen LogP contribution in [0.5, 0.6) is 0 Å². The number of hydrogen-bond donors (Lipinski definition) is 2. The summed E-state index contributed by atoms with van der Waals surface area (Å²) in [5, 5.41) is 14.9. The predicted molar refractivity (Wildman–Crippen MR) is 77.3 cm³/mol. The van der Waals surface area contributed by atoms with Crippen LogP contribution in [0.3, 0.4) is 0 Å². The Bertz CT molecular complexity index is 387. The summed E-state index contributed by atoms with van der Waals surface area (Å²) in [6.07, 6.45) is 1.05. The summed E-state index contributed by atoms with van der Waals surface area (Å²) in [6.45, 7) is 8.89. The zero-order valence-electron chi connectivity index (χ0n) is 11.2. The molecule has 0 aliphatic carbocycles. The van der Waals surface area contributed by atoms with Crippen molar-refractivity contribution in [3.05, 3.63) is 0 Å². The number of hydrogen-bond acceptors (Lipinski definition) is 6. The summed E-state index contributed by atoms with van der Waals surface area (Å²) in [7, 11) is 0. The van der Waals surface area contributed by atoms with Crippen molar-refractivity contribution in [2.45, 2.75) is 44.0 Å². The molecule has 0 aliphatic heterocycles. The highest BCUT2D eigenvalue weighted by Gasteiger charge is 2.14. The van der Waals surface area contributed by atoms with E-state index in [0.29, 0.717) is 5.75 Å². The largest absolute Gasteiger partial charge is 0.360 e. The summed E-state index contributed by atoms with van der Waals surface area (Å²) in [5.41, 5.74) is -0.188. The van der Waals surface area contributed by atoms with Crippen LogP contribution >= 0.6 is 23.1 Å². The van der Waals surface area contributed by atoms with Gasteiger partial charge >= 0.3 is 0 Å². The molecule has 1 aromatic heterocycles. The van der Waals surface area contributed by atoms with Crippen molar-refractivity contribution in [2.24, 2.45) is 0 Å². The second kappa shape index (κ2) is 6.94. The maximum absolute atomic E-state index is 11.6. The van der Waals surface area contributed by atoms with Gasteiger partial charge in [0.1, 0.15) is 0 Å². The van der Waals surface area contributed by atoms with E-state index in [2.05, 4.69) is 27.8 Å². The highest BCUT2D eigenvalue weighted by Crippen LogP contribution is 2.25. The highest BCUT2D eigenvalue weighted by molar-refractivity contribution is 8.01. The van der Waals surface area contributed by atoms with E-state index in [0.717, 1.165) is 22.4 Å². The number of anilines is 1. The number of carbonyl (C=O) groups is 1. The normalized spacial score (nSPS) is 11.3. The van der Waals surface area contributed by atoms with Gasteiger partial charge < -0.3 is 10.6 Å². The topological polar surface area (TPSA) is 66.9 Å². The molecule has 1 rings (SSSR count). The van der Waals surface area contributed by atoms with Gasteiger partial charge in [-0.15, -0.1) is 10.2 Å². The van der Waals surface area contributed by atoms with Crippen molar-refractivity contribution in [1.82, 2.24) is 15.5 Å². The lowest BCUT2D eigenvalue weighted by Crippen LogP contribution is -2.41. The number of rotatable bonds is 6. The molecule has 1 amide bonds. The summed E-state index contributed by atoms with van der Waals surface area (Å²) in [6, 6.07) is 0. The smallest absolute Gasteiger partial charge is 0.230 e. The molecule has 0 saturated carbocycles. The third-order valence-electron chi connectivity index (χ3n) is 1.77. The number of carbonyl (C=O) groups excluding carboxylic acids is 1. The molecular weight excluding hydrogens is 268 g/mol. The third kappa shape index (κ3) is 6.20. The molecule has 0 aromatic carbocycles. The summed E-state index contributed by atoms with van der Waals surface area (Å²) < 4.78 is 0.817. The van der Waals surface area contributed by atoms with Gasteiger partial charge in [-0.3, -0.25) is 4.79 Å². The van der Waals surface area contributed by atoms with Crippen molar-refractivity contribution in [1.29, 1.82) is 0 Å². The minimum absolute atomic E-state index is 0.0192. The first-order valence-electron chi connectivity index (χ1n) is 5.92. The fraction of sp³-hybridized carbons (Fsp3) is 0.727. The zero-order chi connectivity index (χ0) is 13.6. The molecule has 0 radical (unpaired) electrons. The van der Waals surface area contributed by atoms with Gasteiger partial charge in [0, 0.05) is 12.1 Å². The standard InChI is InChI=1S/C11H20N4OS2/c1-5-6-12-9-14-15-10(18-9)17-7-8(16)13-11(2,3)4/h5-7H2,1-4H3,(H,12,14)(H,13,16). The van der Waals surface area contributed by atoms with E-state index in [1.165, 1.54) is 23.1 Å². The van der Waals surface area contributed by atoms with Gasteiger partial charge in [-0.05, 0) is 27.2 Å². The molecule has 0 saturated heterocycles. The van der Waals surface area contributed by atoms with E-state index in [1.807, 2.05) is 20.8 Å². The van der Waals surface area contributed by atoms with Crippen molar-refractivity contribution >= 4 is 34.1 Å². The van der Waals surface area contributed by atoms with E-state index in [1.54, 1.807) is 0 Å². The van der Waals surface area contributed by atoms with Crippen LogP contribution in [0, 0.1) is 0 Å². The van der Waals surface area contributed by atoms with Crippen LogP contribution in [-0.2, 0) is 4.79 Å². The number of nitrogens with zero attached hydrogens (tertiary/aromatic N) is 2. The van der Waals surface area contributed by atoms with Crippen LogP contribution in [0.2, 0.25) is 0 Å². The average Bonchev–Trinajstić information content (AvgIpc) is 2.69. The van der Waals surface area contributed by atoms with E-state index in [4.69, 9.17) is 0 Å². The van der Waals surface area contributed by atoms with Gasteiger partial charge in [-0.1, -0.05) is 30.0 Å². The minimum Gasteiger partial charge on any atom is -0.360 e. The van der Waals surface area contributed by atoms with Crippen LogP contribution in [0.1, 0.15) is 34.1 Å². The fourth-order valence-electron chi connectivity index (χ4n) is 1.15. The molecule has 1 aromatic rings. The maximum atomic E-state index is 11.6. The van der Waals surface area contributed by atoms with Crippen LogP contribution in [-0.4, -0.2) is 33.9 Å². The van der Waals surface area contributed by atoms with Crippen molar-refractivity contribution in [3.63, 3.8) is 0 Å². The van der Waals surface area contributed by atoms with Crippen molar-refractivity contribution in [2.75, 3.05) is 17.6 Å².